The molecule has 1 amide bonds. The normalized spacial score (nSPS) is 10.4. The molecule has 0 radical (unpaired) electrons. The summed E-state index contributed by atoms with van der Waals surface area (Å²) in [6.45, 7) is 1.80. The molecule has 0 saturated heterocycles. The summed E-state index contributed by atoms with van der Waals surface area (Å²) < 4.78 is 11.7. The van der Waals surface area contributed by atoms with Crippen molar-refractivity contribution in [3.63, 3.8) is 0 Å². The monoisotopic (exact) mass is 383 g/mol. The smallest absolute Gasteiger partial charge is 0.295 e. The summed E-state index contributed by atoms with van der Waals surface area (Å²) in [5.74, 6) is 0.491. The first-order valence-electron chi connectivity index (χ1n) is 8.12. The number of nitrogens with one attached hydrogen (secondary N) is 1. The zero-order valence-electron chi connectivity index (χ0n) is 15.4. The van der Waals surface area contributed by atoms with Gasteiger partial charge >= 0.3 is 0 Å². The summed E-state index contributed by atoms with van der Waals surface area (Å²) in [6, 6.07) is 7.48. The van der Waals surface area contributed by atoms with Gasteiger partial charge in [0.05, 0.1) is 19.1 Å². The van der Waals surface area contributed by atoms with E-state index in [1.807, 2.05) is 0 Å². The van der Waals surface area contributed by atoms with E-state index in [0.29, 0.717) is 17.2 Å². The standard InChI is InChI=1S/C18H17N5O5/c1-11-6-16(27-2)17(28-3)8-13(11)21-18(24)12-4-5-14(15(7-12)23(25)26)22-10-19-9-20-22/h4-10H,1-3H3,(H,21,24). The first kappa shape index (κ1) is 18.8. The Morgan fingerprint density at radius 2 is 1.89 bits per heavy atom. The number of aryl methyl sites for hydroxylation is 1. The Hall–Kier alpha value is -3.95. The third kappa shape index (κ3) is 3.61. The number of ether oxygens (including phenoxy) is 2. The van der Waals surface area contributed by atoms with Crippen molar-refractivity contribution >= 4 is 17.3 Å². The molecule has 10 nitrogen and oxygen atoms in total. The van der Waals surface area contributed by atoms with Crippen molar-refractivity contribution in [1.29, 1.82) is 0 Å². The zero-order chi connectivity index (χ0) is 20.3. The predicted molar refractivity (Wildman–Crippen MR) is 100 cm³/mol. The average Bonchev–Trinajstić information content (AvgIpc) is 3.23. The molecule has 1 N–H and O–H groups in total. The summed E-state index contributed by atoms with van der Waals surface area (Å²) in [5, 5.41) is 18.1. The number of carbonyl (C=O) groups is 1. The molecule has 10 heteroatoms. The Morgan fingerprint density at radius 3 is 2.50 bits per heavy atom. The van der Waals surface area contributed by atoms with Crippen molar-refractivity contribution in [1.82, 2.24) is 14.8 Å². The average molecular weight is 383 g/mol. The van der Waals surface area contributed by atoms with Crippen LogP contribution < -0.4 is 14.8 Å². The second-order valence-electron chi connectivity index (χ2n) is 5.78. The maximum Gasteiger partial charge on any atom is 0.295 e. The van der Waals surface area contributed by atoms with Crippen LogP contribution in [0.2, 0.25) is 0 Å². The fourth-order valence-electron chi connectivity index (χ4n) is 2.65. The van der Waals surface area contributed by atoms with E-state index in [0.717, 1.165) is 5.56 Å². The van der Waals surface area contributed by atoms with Gasteiger partial charge in [0.25, 0.3) is 11.6 Å². The lowest BCUT2D eigenvalue weighted by Crippen LogP contribution is -2.14. The number of hydrogen-bond donors (Lipinski definition) is 1. The Bertz CT molecular complexity index is 1030. The van der Waals surface area contributed by atoms with Crippen LogP contribution in [-0.2, 0) is 0 Å². The molecule has 1 aromatic heterocycles. The second kappa shape index (κ2) is 7.74. The lowest BCUT2D eigenvalue weighted by Gasteiger charge is -2.14. The summed E-state index contributed by atoms with van der Waals surface area (Å²) in [5.41, 5.74) is 1.33. The Labute approximate surface area is 159 Å². The Kier molecular flexibility index (Phi) is 5.21. The van der Waals surface area contributed by atoms with Gasteiger partial charge in [-0.15, -0.1) is 0 Å². The van der Waals surface area contributed by atoms with Gasteiger partial charge in [-0.05, 0) is 30.7 Å². The van der Waals surface area contributed by atoms with Gasteiger partial charge in [0.2, 0.25) is 0 Å². The third-order valence-corrected chi connectivity index (χ3v) is 4.08. The number of rotatable bonds is 6. The van der Waals surface area contributed by atoms with Crippen molar-refractivity contribution in [2.24, 2.45) is 0 Å². The van der Waals surface area contributed by atoms with Gasteiger partial charge in [0.15, 0.2) is 11.5 Å². The number of aromatic nitrogens is 3. The van der Waals surface area contributed by atoms with Crippen LogP contribution in [-0.4, -0.2) is 39.8 Å². The van der Waals surface area contributed by atoms with E-state index in [2.05, 4.69) is 15.4 Å². The largest absolute Gasteiger partial charge is 0.493 e. The minimum atomic E-state index is -0.574. The van der Waals surface area contributed by atoms with Crippen LogP contribution in [0.3, 0.4) is 0 Å². The van der Waals surface area contributed by atoms with Gasteiger partial charge in [0, 0.05) is 23.4 Å². The van der Waals surface area contributed by atoms with Crippen LogP contribution in [0.15, 0.2) is 43.0 Å². The molecule has 3 aromatic rings. The maximum absolute atomic E-state index is 12.7. The molecule has 0 spiro atoms. The highest BCUT2D eigenvalue weighted by Gasteiger charge is 2.20. The topological polar surface area (TPSA) is 121 Å². The third-order valence-electron chi connectivity index (χ3n) is 4.08. The quantitative estimate of drug-likeness (QED) is 0.513. The van der Waals surface area contributed by atoms with Crippen molar-refractivity contribution in [3.8, 4) is 17.2 Å². The number of amides is 1. The highest BCUT2D eigenvalue weighted by molar-refractivity contribution is 6.05. The molecule has 0 fully saturated rings. The summed E-state index contributed by atoms with van der Waals surface area (Å²) in [7, 11) is 3.01. The Morgan fingerprint density at radius 1 is 1.18 bits per heavy atom. The molecule has 2 aromatic carbocycles. The van der Waals surface area contributed by atoms with E-state index < -0.39 is 10.8 Å². The maximum atomic E-state index is 12.7. The van der Waals surface area contributed by atoms with Gasteiger partial charge in [-0.2, -0.15) is 5.10 Å². The minimum Gasteiger partial charge on any atom is -0.493 e. The molecule has 0 aliphatic heterocycles. The van der Waals surface area contributed by atoms with Crippen LogP contribution in [0.5, 0.6) is 11.5 Å². The number of hydrogen-bond acceptors (Lipinski definition) is 7. The zero-order valence-corrected chi connectivity index (χ0v) is 15.4. The first-order valence-corrected chi connectivity index (χ1v) is 8.12. The molecule has 0 aliphatic rings. The van der Waals surface area contributed by atoms with E-state index in [1.165, 1.54) is 49.8 Å². The lowest BCUT2D eigenvalue weighted by atomic mass is 10.1. The van der Waals surface area contributed by atoms with Gasteiger partial charge in [-0.3, -0.25) is 14.9 Å². The number of methoxy groups -OCH3 is 2. The summed E-state index contributed by atoms with van der Waals surface area (Å²) in [4.78, 5) is 27.3. The number of nitrogens with zero attached hydrogens (tertiary/aromatic N) is 4. The molecule has 0 unspecified atom stereocenters. The number of nitro benzene ring substituents is 1. The van der Waals surface area contributed by atoms with Crippen LogP contribution in [0.25, 0.3) is 5.69 Å². The van der Waals surface area contributed by atoms with Crippen molar-refractivity contribution in [3.05, 3.63) is 64.2 Å². The summed E-state index contributed by atoms with van der Waals surface area (Å²) >= 11 is 0. The lowest BCUT2D eigenvalue weighted by molar-refractivity contribution is -0.384. The fourth-order valence-corrected chi connectivity index (χ4v) is 2.65. The van der Waals surface area contributed by atoms with E-state index in [1.54, 1.807) is 19.1 Å². The molecular formula is C18H17N5O5. The number of carbonyl (C=O) groups excluding carboxylic acids is 1. The molecule has 0 bridgehead atoms. The van der Waals surface area contributed by atoms with E-state index in [9.17, 15) is 14.9 Å². The predicted octanol–water partition coefficient (Wildman–Crippen LogP) is 2.75. The van der Waals surface area contributed by atoms with Crippen LogP contribution in [0, 0.1) is 17.0 Å². The number of nitro groups is 1. The molecule has 1 heterocycles. The van der Waals surface area contributed by atoms with Crippen LogP contribution >= 0.6 is 0 Å². The summed E-state index contributed by atoms with van der Waals surface area (Å²) in [6.07, 6.45) is 2.61. The minimum absolute atomic E-state index is 0.129. The Balaban J connectivity index is 1.93. The molecule has 3 rings (SSSR count). The van der Waals surface area contributed by atoms with Crippen LogP contribution in [0.4, 0.5) is 11.4 Å². The van der Waals surface area contributed by atoms with Gasteiger partial charge in [0.1, 0.15) is 18.3 Å². The van der Waals surface area contributed by atoms with Gasteiger partial charge in [-0.25, -0.2) is 9.67 Å². The fraction of sp³-hybridized carbons (Fsp3) is 0.167. The SMILES string of the molecule is COc1cc(C)c(NC(=O)c2ccc(-n3cncn3)c([N+](=O)[O-])c2)cc1OC. The highest BCUT2D eigenvalue weighted by Crippen LogP contribution is 2.33. The highest BCUT2D eigenvalue weighted by atomic mass is 16.6. The van der Waals surface area contributed by atoms with Crippen molar-refractivity contribution in [2.45, 2.75) is 6.92 Å². The number of benzene rings is 2. The van der Waals surface area contributed by atoms with Crippen LogP contribution in [0.1, 0.15) is 15.9 Å². The first-order chi connectivity index (χ1) is 13.4. The second-order valence-corrected chi connectivity index (χ2v) is 5.78. The molecule has 0 atom stereocenters. The van der Waals surface area contributed by atoms with Crippen molar-refractivity contribution < 1.29 is 19.2 Å². The molecule has 0 saturated carbocycles. The van der Waals surface area contributed by atoms with E-state index in [4.69, 9.17) is 9.47 Å². The molecule has 144 valence electrons. The molecular weight excluding hydrogens is 366 g/mol. The van der Waals surface area contributed by atoms with Gasteiger partial charge in [-0.1, -0.05) is 0 Å². The molecule has 28 heavy (non-hydrogen) atoms. The van der Waals surface area contributed by atoms with Gasteiger partial charge < -0.3 is 14.8 Å². The van der Waals surface area contributed by atoms with Crippen molar-refractivity contribution in [2.75, 3.05) is 19.5 Å². The van der Waals surface area contributed by atoms with E-state index >= 15 is 0 Å². The molecule has 0 aliphatic carbocycles. The number of anilines is 1. The van der Waals surface area contributed by atoms with E-state index in [-0.39, 0.29) is 16.9 Å².